The Morgan fingerprint density at radius 3 is 2.35 bits per heavy atom. The highest BCUT2D eigenvalue weighted by Crippen LogP contribution is 2.32. The molecule has 0 radical (unpaired) electrons. The summed E-state index contributed by atoms with van der Waals surface area (Å²) in [5.74, 6) is 0. The number of hydrogen-bond acceptors (Lipinski definition) is 3. The molecule has 0 N–H and O–H groups in total. The summed E-state index contributed by atoms with van der Waals surface area (Å²) in [6.45, 7) is 0. The summed E-state index contributed by atoms with van der Waals surface area (Å²) in [5.41, 5.74) is -1.86. The third-order valence-electron chi connectivity index (χ3n) is 1.85. The van der Waals surface area contributed by atoms with Crippen molar-refractivity contribution in [3.05, 3.63) is 45.5 Å². The largest absolute Gasteiger partial charge is 0.416 e. The molecule has 4 nitrogen and oxygen atoms in total. The van der Waals surface area contributed by atoms with Gasteiger partial charge in [0.2, 0.25) is 0 Å². The minimum Gasteiger partial charge on any atom is -0.299 e. The Hall–Kier alpha value is -2.18. The maximum Gasteiger partial charge on any atom is 0.416 e. The van der Waals surface area contributed by atoms with Gasteiger partial charge in [0.05, 0.1) is 10.5 Å². The van der Waals surface area contributed by atoms with Crippen LogP contribution in [-0.2, 0) is 11.0 Å². The lowest BCUT2D eigenvalue weighted by Crippen LogP contribution is -2.06. The Labute approximate surface area is 93.5 Å². The fourth-order valence-corrected chi connectivity index (χ4v) is 1.15. The van der Waals surface area contributed by atoms with Gasteiger partial charge >= 0.3 is 6.18 Å². The van der Waals surface area contributed by atoms with Crippen molar-refractivity contribution in [2.75, 3.05) is 0 Å². The summed E-state index contributed by atoms with van der Waals surface area (Å²) in [5, 5.41) is 10.5. The number of non-ortho nitro benzene ring substituents is 1. The summed E-state index contributed by atoms with van der Waals surface area (Å²) in [7, 11) is 0. The van der Waals surface area contributed by atoms with Crippen molar-refractivity contribution in [3.8, 4) is 0 Å². The molecule has 90 valence electrons. The quantitative estimate of drug-likeness (QED) is 0.356. The topological polar surface area (TPSA) is 60.2 Å². The normalized spacial score (nSPS) is 11.7. The van der Waals surface area contributed by atoms with Crippen molar-refractivity contribution in [2.24, 2.45) is 0 Å². The molecule has 0 fully saturated rings. The lowest BCUT2D eigenvalue weighted by atomic mass is 10.1. The second-order valence-corrected chi connectivity index (χ2v) is 3.06. The zero-order valence-corrected chi connectivity index (χ0v) is 8.27. The molecule has 0 spiro atoms. The van der Waals surface area contributed by atoms with Crippen LogP contribution in [0.25, 0.3) is 6.08 Å². The van der Waals surface area contributed by atoms with E-state index in [1.54, 1.807) is 0 Å². The van der Waals surface area contributed by atoms with Crippen LogP contribution in [0, 0.1) is 10.1 Å². The third-order valence-corrected chi connectivity index (χ3v) is 1.85. The minimum absolute atomic E-state index is 0.0568. The van der Waals surface area contributed by atoms with Gasteiger partial charge in [-0.05, 0) is 17.7 Å². The number of aldehydes is 1. The number of carbonyl (C=O) groups is 1. The fraction of sp³-hybridized carbons (Fsp3) is 0.100. The highest BCUT2D eigenvalue weighted by Gasteiger charge is 2.32. The van der Waals surface area contributed by atoms with Crippen molar-refractivity contribution in [1.29, 1.82) is 0 Å². The fourth-order valence-electron chi connectivity index (χ4n) is 1.15. The number of halogens is 3. The van der Waals surface area contributed by atoms with Gasteiger partial charge in [-0.1, -0.05) is 6.08 Å². The van der Waals surface area contributed by atoms with Gasteiger partial charge in [-0.25, -0.2) is 0 Å². The monoisotopic (exact) mass is 245 g/mol. The lowest BCUT2D eigenvalue weighted by Gasteiger charge is -2.07. The molecule has 7 heteroatoms. The average Bonchev–Trinajstić information content (AvgIpc) is 2.24. The smallest absolute Gasteiger partial charge is 0.299 e. The third kappa shape index (κ3) is 3.40. The Morgan fingerprint density at radius 1 is 1.24 bits per heavy atom. The zero-order valence-electron chi connectivity index (χ0n) is 8.27. The van der Waals surface area contributed by atoms with Crippen LogP contribution in [0.1, 0.15) is 11.1 Å². The second-order valence-electron chi connectivity index (χ2n) is 3.06. The first-order valence-corrected chi connectivity index (χ1v) is 4.33. The molecule has 0 atom stereocenters. The predicted octanol–water partition coefficient (Wildman–Crippen LogP) is 2.83. The van der Waals surface area contributed by atoms with Crippen molar-refractivity contribution >= 4 is 18.0 Å². The van der Waals surface area contributed by atoms with Gasteiger partial charge in [-0.15, -0.1) is 0 Å². The first kappa shape index (κ1) is 12.9. The maximum absolute atomic E-state index is 12.4. The average molecular weight is 245 g/mol. The van der Waals surface area contributed by atoms with E-state index in [-0.39, 0.29) is 5.56 Å². The van der Waals surface area contributed by atoms with Crippen LogP contribution < -0.4 is 0 Å². The summed E-state index contributed by atoms with van der Waals surface area (Å²) < 4.78 is 37.3. The molecule has 0 saturated carbocycles. The number of carbonyl (C=O) groups excluding carboxylic acids is 1. The SMILES string of the molecule is O=C/C=C/c1cc([N+](=O)[O-])cc(C(F)(F)F)c1. The van der Waals surface area contributed by atoms with Crippen molar-refractivity contribution in [3.63, 3.8) is 0 Å². The molecule has 1 aromatic rings. The van der Waals surface area contributed by atoms with Gasteiger partial charge in [0.1, 0.15) is 6.29 Å². The minimum atomic E-state index is -4.67. The Kier molecular flexibility index (Phi) is 3.62. The van der Waals surface area contributed by atoms with Crippen molar-refractivity contribution < 1.29 is 22.9 Å². The molecule has 1 rings (SSSR count). The van der Waals surface area contributed by atoms with E-state index in [1.807, 2.05) is 0 Å². The summed E-state index contributed by atoms with van der Waals surface area (Å²) >= 11 is 0. The molecule has 1 aromatic carbocycles. The number of rotatable bonds is 3. The van der Waals surface area contributed by atoms with E-state index in [9.17, 15) is 28.1 Å². The van der Waals surface area contributed by atoms with E-state index in [4.69, 9.17) is 0 Å². The standard InChI is InChI=1S/C10H6F3NO3/c11-10(12,13)8-4-7(2-1-3-15)5-9(6-8)14(16)17/h1-6H/b2-1+. The van der Waals surface area contributed by atoms with Gasteiger partial charge in [-0.3, -0.25) is 14.9 Å². The van der Waals surface area contributed by atoms with Crippen LogP contribution in [-0.4, -0.2) is 11.2 Å². The number of nitro benzene ring substituents is 1. The summed E-state index contributed by atoms with van der Waals surface area (Å²) in [6.07, 6.45) is -2.28. The molecule has 17 heavy (non-hydrogen) atoms. The molecule has 0 aliphatic heterocycles. The van der Waals surface area contributed by atoms with Crippen LogP contribution in [0.4, 0.5) is 18.9 Å². The first-order valence-electron chi connectivity index (χ1n) is 4.33. The number of nitrogens with zero attached hydrogens (tertiary/aromatic N) is 1. The maximum atomic E-state index is 12.4. The van der Waals surface area contributed by atoms with Gasteiger partial charge in [0.15, 0.2) is 0 Å². The Morgan fingerprint density at radius 2 is 1.88 bits per heavy atom. The van der Waals surface area contributed by atoms with Gasteiger partial charge in [0, 0.05) is 12.1 Å². The van der Waals surface area contributed by atoms with Gasteiger partial charge in [-0.2, -0.15) is 13.2 Å². The van der Waals surface area contributed by atoms with E-state index < -0.39 is 22.4 Å². The van der Waals surface area contributed by atoms with Gasteiger partial charge in [0.25, 0.3) is 5.69 Å². The van der Waals surface area contributed by atoms with Crippen LogP contribution in [0.15, 0.2) is 24.3 Å². The van der Waals surface area contributed by atoms with E-state index in [1.165, 1.54) is 0 Å². The van der Waals surface area contributed by atoms with Crippen LogP contribution >= 0.6 is 0 Å². The second kappa shape index (κ2) is 4.77. The molecule has 0 aromatic heterocycles. The number of allylic oxidation sites excluding steroid dienone is 1. The van der Waals surface area contributed by atoms with E-state index in [2.05, 4.69) is 0 Å². The highest BCUT2D eigenvalue weighted by molar-refractivity contribution is 5.74. The van der Waals surface area contributed by atoms with Crippen LogP contribution in [0.5, 0.6) is 0 Å². The molecular weight excluding hydrogens is 239 g/mol. The van der Waals surface area contributed by atoms with E-state index in [0.717, 1.165) is 24.3 Å². The number of alkyl halides is 3. The summed E-state index contributed by atoms with van der Waals surface area (Å²) in [4.78, 5) is 19.6. The molecule has 0 heterocycles. The lowest BCUT2D eigenvalue weighted by molar-refractivity contribution is -0.385. The van der Waals surface area contributed by atoms with Crippen molar-refractivity contribution in [2.45, 2.75) is 6.18 Å². The Balaban J connectivity index is 3.33. The molecule has 0 amide bonds. The summed E-state index contributed by atoms with van der Waals surface area (Å²) in [6, 6.07) is 2.13. The van der Waals surface area contributed by atoms with Crippen molar-refractivity contribution in [1.82, 2.24) is 0 Å². The Bertz CT molecular complexity index is 480. The molecule has 0 unspecified atom stereocenters. The zero-order chi connectivity index (χ0) is 13.1. The number of benzene rings is 1. The molecule has 0 aliphatic carbocycles. The molecule has 0 bridgehead atoms. The highest BCUT2D eigenvalue weighted by atomic mass is 19.4. The van der Waals surface area contributed by atoms with E-state index >= 15 is 0 Å². The van der Waals surface area contributed by atoms with Gasteiger partial charge < -0.3 is 0 Å². The molecular formula is C10H6F3NO3. The number of nitro groups is 1. The van der Waals surface area contributed by atoms with Crippen LogP contribution in [0.2, 0.25) is 0 Å². The van der Waals surface area contributed by atoms with E-state index in [0.29, 0.717) is 12.4 Å². The molecule has 0 saturated heterocycles. The first-order chi connectivity index (χ1) is 7.84. The van der Waals surface area contributed by atoms with Crippen LogP contribution in [0.3, 0.4) is 0 Å². The number of hydrogen-bond donors (Lipinski definition) is 0. The predicted molar refractivity (Wildman–Crippen MR) is 53.2 cm³/mol. The molecule has 0 aliphatic rings.